The Labute approximate surface area is 109 Å². The van der Waals surface area contributed by atoms with Gasteiger partial charge in [-0.05, 0) is 30.5 Å². The summed E-state index contributed by atoms with van der Waals surface area (Å²) in [6.45, 7) is 6.30. The van der Waals surface area contributed by atoms with Crippen LogP contribution < -0.4 is 15.8 Å². The number of ether oxygens (including phenoxy) is 1. The molecule has 0 heterocycles. The highest BCUT2D eigenvalue weighted by molar-refractivity contribution is 5.94. The summed E-state index contributed by atoms with van der Waals surface area (Å²) in [6.07, 6.45) is 0. The molecule has 0 radical (unpaired) electrons. The molecule has 0 aliphatic rings. The number of nitrogens with two attached hydrogens (primary N) is 1. The first-order valence-electron chi connectivity index (χ1n) is 6.15. The van der Waals surface area contributed by atoms with Crippen molar-refractivity contribution in [1.29, 1.82) is 0 Å². The summed E-state index contributed by atoms with van der Waals surface area (Å²) in [5.41, 5.74) is 7.41. The maximum absolute atomic E-state index is 12.1. The lowest BCUT2D eigenvalue weighted by atomic mass is 9.95. The van der Waals surface area contributed by atoms with Gasteiger partial charge in [-0.3, -0.25) is 4.79 Å². The first kappa shape index (κ1) is 14.5. The molecule has 0 spiro atoms. The third-order valence-electron chi connectivity index (χ3n) is 3.01. The first-order valence-corrected chi connectivity index (χ1v) is 6.15. The summed E-state index contributed by atoms with van der Waals surface area (Å²) < 4.78 is 5.25. The van der Waals surface area contributed by atoms with Crippen molar-refractivity contribution in [1.82, 2.24) is 0 Å². The van der Waals surface area contributed by atoms with Gasteiger partial charge in [0.1, 0.15) is 5.75 Å². The Morgan fingerprint density at radius 3 is 2.61 bits per heavy atom. The van der Waals surface area contributed by atoms with E-state index in [0.29, 0.717) is 18.0 Å². The van der Waals surface area contributed by atoms with E-state index in [1.54, 1.807) is 7.11 Å². The van der Waals surface area contributed by atoms with Crippen LogP contribution in [0.1, 0.15) is 19.4 Å². The number of hydrogen-bond acceptors (Lipinski definition) is 3. The normalized spacial score (nSPS) is 12.3. The van der Waals surface area contributed by atoms with Crippen LogP contribution in [0.3, 0.4) is 0 Å². The van der Waals surface area contributed by atoms with Crippen LogP contribution in [0.4, 0.5) is 5.69 Å². The minimum Gasteiger partial charge on any atom is -0.495 e. The van der Waals surface area contributed by atoms with E-state index in [9.17, 15) is 4.79 Å². The molecule has 0 aliphatic carbocycles. The topological polar surface area (TPSA) is 64.3 Å². The quantitative estimate of drug-likeness (QED) is 0.841. The monoisotopic (exact) mass is 250 g/mol. The number of nitrogens with one attached hydrogen (secondary N) is 1. The molecule has 0 saturated heterocycles. The molecule has 0 saturated carbocycles. The van der Waals surface area contributed by atoms with Crippen molar-refractivity contribution in [2.24, 2.45) is 17.6 Å². The van der Waals surface area contributed by atoms with E-state index >= 15 is 0 Å². The second-order valence-corrected chi connectivity index (χ2v) is 4.78. The van der Waals surface area contributed by atoms with Crippen molar-refractivity contribution in [3.8, 4) is 5.75 Å². The number of rotatable bonds is 5. The second-order valence-electron chi connectivity index (χ2n) is 4.78. The molecular formula is C14H22N2O2. The van der Waals surface area contributed by atoms with E-state index < -0.39 is 0 Å². The minimum absolute atomic E-state index is 0.0605. The molecule has 100 valence electrons. The van der Waals surface area contributed by atoms with Gasteiger partial charge in [0.25, 0.3) is 0 Å². The van der Waals surface area contributed by atoms with E-state index in [4.69, 9.17) is 10.5 Å². The summed E-state index contributed by atoms with van der Waals surface area (Å²) in [6, 6.07) is 5.67. The van der Waals surface area contributed by atoms with Gasteiger partial charge in [0.15, 0.2) is 0 Å². The van der Waals surface area contributed by atoms with Crippen LogP contribution in [-0.2, 0) is 4.79 Å². The van der Waals surface area contributed by atoms with Gasteiger partial charge in [-0.2, -0.15) is 0 Å². The highest BCUT2D eigenvalue weighted by Gasteiger charge is 2.21. The standard InChI is InChI=1S/C14H22N2O2/c1-9(2)11(8-15)14(17)16-12-6-5-10(3)7-13(12)18-4/h5-7,9,11H,8,15H2,1-4H3,(H,16,17). The number of benzene rings is 1. The molecule has 0 aliphatic heterocycles. The van der Waals surface area contributed by atoms with E-state index in [1.165, 1.54) is 0 Å². The number of hydrogen-bond donors (Lipinski definition) is 2. The van der Waals surface area contributed by atoms with Crippen LogP contribution in [0.25, 0.3) is 0 Å². The fraction of sp³-hybridized carbons (Fsp3) is 0.500. The Morgan fingerprint density at radius 1 is 1.44 bits per heavy atom. The average molecular weight is 250 g/mol. The molecular weight excluding hydrogens is 228 g/mol. The lowest BCUT2D eigenvalue weighted by Crippen LogP contribution is -2.33. The predicted octanol–water partition coefficient (Wildman–Crippen LogP) is 2.17. The van der Waals surface area contributed by atoms with Gasteiger partial charge in [-0.1, -0.05) is 19.9 Å². The Hall–Kier alpha value is -1.55. The van der Waals surface area contributed by atoms with Crippen molar-refractivity contribution in [2.45, 2.75) is 20.8 Å². The molecule has 1 aromatic carbocycles. The molecule has 1 aromatic rings. The first-order chi connectivity index (χ1) is 8.49. The molecule has 1 unspecified atom stereocenters. The number of anilines is 1. The maximum atomic E-state index is 12.1. The fourth-order valence-corrected chi connectivity index (χ4v) is 1.81. The Morgan fingerprint density at radius 2 is 2.11 bits per heavy atom. The number of carbonyl (C=O) groups excluding carboxylic acids is 1. The van der Waals surface area contributed by atoms with Gasteiger partial charge in [0.05, 0.1) is 18.7 Å². The van der Waals surface area contributed by atoms with Crippen molar-refractivity contribution < 1.29 is 9.53 Å². The summed E-state index contributed by atoms with van der Waals surface area (Å²) >= 11 is 0. The van der Waals surface area contributed by atoms with E-state index in [1.807, 2.05) is 39.0 Å². The largest absolute Gasteiger partial charge is 0.495 e. The van der Waals surface area contributed by atoms with Gasteiger partial charge >= 0.3 is 0 Å². The van der Waals surface area contributed by atoms with Crippen LogP contribution in [0, 0.1) is 18.8 Å². The van der Waals surface area contributed by atoms with Crippen molar-refractivity contribution >= 4 is 11.6 Å². The zero-order valence-electron chi connectivity index (χ0n) is 11.5. The van der Waals surface area contributed by atoms with E-state index in [0.717, 1.165) is 5.56 Å². The molecule has 4 heteroatoms. The molecule has 1 atom stereocenters. The molecule has 4 nitrogen and oxygen atoms in total. The molecule has 1 rings (SSSR count). The summed E-state index contributed by atoms with van der Waals surface area (Å²) in [7, 11) is 1.59. The maximum Gasteiger partial charge on any atom is 0.229 e. The van der Waals surface area contributed by atoms with Crippen molar-refractivity contribution in [3.63, 3.8) is 0 Å². The van der Waals surface area contributed by atoms with Gasteiger partial charge in [-0.25, -0.2) is 0 Å². The van der Waals surface area contributed by atoms with Crippen molar-refractivity contribution in [3.05, 3.63) is 23.8 Å². The summed E-state index contributed by atoms with van der Waals surface area (Å²) in [5.74, 6) is 0.639. The molecule has 0 fully saturated rings. The summed E-state index contributed by atoms with van der Waals surface area (Å²) in [5, 5.41) is 2.88. The van der Waals surface area contributed by atoms with Crippen LogP contribution in [0.5, 0.6) is 5.75 Å². The molecule has 0 bridgehead atoms. The van der Waals surface area contributed by atoms with Crippen LogP contribution in [0.2, 0.25) is 0 Å². The van der Waals surface area contributed by atoms with E-state index in [2.05, 4.69) is 5.32 Å². The van der Waals surface area contributed by atoms with Gasteiger partial charge < -0.3 is 15.8 Å². The zero-order chi connectivity index (χ0) is 13.7. The molecule has 0 aromatic heterocycles. The highest BCUT2D eigenvalue weighted by Crippen LogP contribution is 2.26. The predicted molar refractivity (Wildman–Crippen MR) is 73.7 cm³/mol. The van der Waals surface area contributed by atoms with Gasteiger partial charge in [0, 0.05) is 6.54 Å². The van der Waals surface area contributed by atoms with Gasteiger partial charge in [0.2, 0.25) is 5.91 Å². The number of amides is 1. The minimum atomic E-state index is -0.184. The van der Waals surface area contributed by atoms with Gasteiger partial charge in [-0.15, -0.1) is 0 Å². The lowest BCUT2D eigenvalue weighted by Gasteiger charge is -2.19. The molecule has 1 amide bonds. The molecule has 3 N–H and O–H groups in total. The Balaban J connectivity index is 2.87. The molecule has 18 heavy (non-hydrogen) atoms. The number of carbonyl (C=O) groups is 1. The SMILES string of the molecule is COc1cc(C)ccc1NC(=O)C(CN)C(C)C. The second kappa shape index (κ2) is 6.40. The lowest BCUT2D eigenvalue weighted by molar-refractivity contribution is -0.120. The third kappa shape index (κ3) is 3.47. The van der Waals surface area contributed by atoms with E-state index in [-0.39, 0.29) is 17.7 Å². The smallest absolute Gasteiger partial charge is 0.229 e. The summed E-state index contributed by atoms with van der Waals surface area (Å²) in [4.78, 5) is 12.1. The number of methoxy groups -OCH3 is 1. The Kier molecular flexibility index (Phi) is 5.16. The van der Waals surface area contributed by atoms with Crippen LogP contribution >= 0.6 is 0 Å². The number of aryl methyl sites for hydroxylation is 1. The zero-order valence-corrected chi connectivity index (χ0v) is 11.5. The fourth-order valence-electron chi connectivity index (χ4n) is 1.81. The Bertz CT molecular complexity index is 416. The third-order valence-corrected chi connectivity index (χ3v) is 3.01. The highest BCUT2D eigenvalue weighted by atomic mass is 16.5. The van der Waals surface area contributed by atoms with Crippen LogP contribution in [-0.4, -0.2) is 19.6 Å². The van der Waals surface area contributed by atoms with Crippen molar-refractivity contribution in [2.75, 3.05) is 19.0 Å². The average Bonchev–Trinajstić information content (AvgIpc) is 2.31. The van der Waals surface area contributed by atoms with Crippen LogP contribution in [0.15, 0.2) is 18.2 Å².